The minimum absolute atomic E-state index is 0.144. The van der Waals surface area contributed by atoms with Gasteiger partial charge in [-0.3, -0.25) is 0 Å². The van der Waals surface area contributed by atoms with Gasteiger partial charge in [0.15, 0.2) is 0 Å². The Morgan fingerprint density at radius 3 is 2.14 bits per heavy atom. The van der Waals surface area contributed by atoms with Gasteiger partial charge in [0.2, 0.25) is 20.0 Å². The average Bonchev–Trinajstić information content (AvgIpc) is 3.21. The van der Waals surface area contributed by atoms with Crippen LogP contribution in [-0.2, 0) is 32.9 Å². The molecule has 29 heavy (non-hydrogen) atoms. The Morgan fingerprint density at radius 1 is 0.759 bits per heavy atom. The third-order valence-electron chi connectivity index (χ3n) is 5.50. The SMILES string of the molecule is O=S(=O)(/C=C/c1ccccc1)N1CCN(S(=O)(=O)c2ccc3c(c2)CCC3)CC1. The van der Waals surface area contributed by atoms with Crippen molar-refractivity contribution in [1.82, 2.24) is 8.61 Å². The zero-order chi connectivity index (χ0) is 20.5. The Balaban J connectivity index is 1.44. The van der Waals surface area contributed by atoms with Gasteiger partial charge in [0, 0.05) is 31.6 Å². The van der Waals surface area contributed by atoms with Gasteiger partial charge in [0.1, 0.15) is 0 Å². The molecule has 0 saturated carbocycles. The summed E-state index contributed by atoms with van der Waals surface area (Å²) < 4.78 is 53.9. The molecule has 0 amide bonds. The van der Waals surface area contributed by atoms with Gasteiger partial charge in [-0.1, -0.05) is 36.4 Å². The van der Waals surface area contributed by atoms with Crippen molar-refractivity contribution < 1.29 is 16.8 Å². The molecule has 4 rings (SSSR count). The van der Waals surface area contributed by atoms with Gasteiger partial charge in [-0.15, -0.1) is 0 Å². The molecular formula is C21H24N2O4S2. The predicted molar refractivity (Wildman–Crippen MR) is 113 cm³/mol. The van der Waals surface area contributed by atoms with Gasteiger partial charge in [-0.25, -0.2) is 16.8 Å². The van der Waals surface area contributed by atoms with Gasteiger partial charge in [-0.2, -0.15) is 8.61 Å². The molecule has 1 aliphatic carbocycles. The second-order valence-electron chi connectivity index (χ2n) is 7.35. The fourth-order valence-electron chi connectivity index (χ4n) is 3.84. The van der Waals surface area contributed by atoms with E-state index in [1.807, 2.05) is 36.4 Å². The van der Waals surface area contributed by atoms with Gasteiger partial charge < -0.3 is 0 Å². The van der Waals surface area contributed by atoms with Crippen LogP contribution in [0.2, 0.25) is 0 Å². The standard InChI is InChI=1S/C21H24N2O4S2/c24-28(25,16-11-18-5-2-1-3-6-18)22-12-14-23(15-13-22)29(26,27)21-10-9-19-7-4-8-20(19)17-21/h1-3,5-6,9-11,16-17H,4,7-8,12-15H2/b16-11+. The first kappa shape index (κ1) is 20.3. The first-order chi connectivity index (χ1) is 13.9. The lowest BCUT2D eigenvalue weighted by Gasteiger charge is -2.32. The normalized spacial score (nSPS) is 18.9. The van der Waals surface area contributed by atoms with Crippen LogP contribution in [0.1, 0.15) is 23.1 Å². The third kappa shape index (κ3) is 4.30. The highest BCUT2D eigenvalue weighted by atomic mass is 32.2. The topological polar surface area (TPSA) is 74.8 Å². The highest BCUT2D eigenvalue weighted by Crippen LogP contribution is 2.27. The summed E-state index contributed by atoms with van der Waals surface area (Å²) in [5, 5.41) is 1.19. The van der Waals surface area contributed by atoms with Crippen LogP contribution >= 0.6 is 0 Å². The Kier molecular flexibility index (Phi) is 5.61. The van der Waals surface area contributed by atoms with E-state index in [9.17, 15) is 16.8 Å². The fourth-order valence-corrected chi connectivity index (χ4v) is 6.48. The Hall–Kier alpha value is -2.00. The van der Waals surface area contributed by atoms with Gasteiger partial charge in [-0.05, 0) is 54.2 Å². The summed E-state index contributed by atoms with van der Waals surface area (Å²) in [5.41, 5.74) is 3.14. The molecule has 0 atom stereocenters. The number of sulfonamides is 2. The Morgan fingerprint density at radius 2 is 1.41 bits per heavy atom. The van der Waals surface area contributed by atoms with Crippen molar-refractivity contribution in [3.8, 4) is 0 Å². The number of aryl methyl sites for hydroxylation is 2. The van der Waals surface area contributed by atoms with Gasteiger partial charge >= 0.3 is 0 Å². The molecule has 1 aliphatic heterocycles. The number of hydrogen-bond acceptors (Lipinski definition) is 4. The molecule has 1 heterocycles. The Bertz CT molecular complexity index is 1120. The number of piperazine rings is 1. The van der Waals surface area contributed by atoms with Crippen LogP contribution in [0.3, 0.4) is 0 Å². The molecule has 2 aromatic rings. The lowest BCUT2D eigenvalue weighted by atomic mass is 10.1. The van der Waals surface area contributed by atoms with Crippen molar-refractivity contribution in [1.29, 1.82) is 0 Å². The molecule has 0 aromatic heterocycles. The summed E-state index contributed by atoms with van der Waals surface area (Å²) in [6.45, 7) is 0.590. The monoisotopic (exact) mass is 432 g/mol. The zero-order valence-electron chi connectivity index (χ0n) is 16.1. The molecule has 2 aromatic carbocycles. The number of nitrogens with zero attached hydrogens (tertiary/aromatic N) is 2. The van der Waals surface area contributed by atoms with Crippen molar-refractivity contribution in [2.24, 2.45) is 0 Å². The van der Waals surface area contributed by atoms with Crippen LogP contribution in [0.15, 0.2) is 58.8 Å². The third-order valence-corrected chi connectivity index (χ3v) is 8.96. The van der Waals surface area contributed by atoms with E-state index in [0.29, 0.717) is 4.90 Å². The molecule has 0 bridgehead atoms. The molecule has 6 nitrogen and oxygen atoms in total. The van der Waals surface area contributed by atoms with Crippen LogP contribution in [0, 0.1) is 0 Å². The Labute approximate surface area is 172 Å². The molecule has 1 fully saturated rings. The highest BCUT2D eigenvalue weighted by molar-refractivity contribution is 7.92. The first-order valence-corrected chi connectivity index (χ1v) is 12.7. The number of fused-ring (bicyclic) bond motifs is 1. The smallest absolute Gasteiger partial charge is 0.208 e. The van der Waals surface area contributed by atoms with Crippen LogP contribution in [-0.4, -0.2) is 51.6 Å². The van der Waals surface area contributed by atoms with E-state index >= 15 is 0 Å². The predicted octanol–water partition coefficient (Wildman–Crippen LogP) is 2.48. The zero-order valence-corrected chi connectivity index (χ0v) is 17.7. The molecule has 8 heteroatoms. The van der Waals surface area contributed by atoms with Crippen LogP contribution in [0.5, 0.6) is 0 Å². The minimum atomic E-state index is -3.61. The summed E-state index contributed by atoms with van der Waals surface area (Å²) in [6, 6.07) is 14.6. The van der Waals surface area contributed by atoms with E-state index in [2.05, 4.69) is 0 Å². The molecular weight excluding hydrogens is 408 g/mol. The highest BCUT2D eigenvalue weighted by Gasteiger charge is 2.32. The summed E-state index contributed by atoms with van der Waals surface area (Å²) in [7, 11) is -7.21. The largest absolute Gasteiger partial charge is 0.243 e. The number of hydrogen-bond donors (Lipinski definition) is 0. The minimum Gasteiger partial charge on any atom is -0.208 e. The molecule has 0 N–H and O–H groups in total. The lowest BCUT2D eigenvalue weighted by molar-refractivity contribution is 0.275. The van der Waals surface area contributed by atoms with Crippen molar-refractivity contribution >= 4 is 26.1 Å². The molecule has 1 saturated heterocycles. The second kappa shape index (κ2) is 8.02. The van der Waals surface area contributed by atoms with E-state index in [1.165, 1.54) is 19.6 Å². The molecule has 2 aliphatic rings. The quantitative estimate of drug-likeness (QED) is 0.728. The second-order valence-corrected chi connectivity index (χ2v) is 11.1. The summed E-state index contributed by atoms with van der Waals surface area (Å²) in [5.74, 6) is 0. The van der Waals surface area contributed by atoms with Crippen LogP contribution in [0.4, 0.5) is 0 Å². The van der Waals surface area contributed by atoms with E-state index < -0.39 is 20.0 Å². The van der Waals surface area contributed by atoms with Crippen LogP contribution in [0.25, 0.3) is 6.08 Å². The fraction of sp³-hybridized carbons (Fsp3) is 0.333. The molecule has 0 unspecified atom stereocenters. The summed E-state index contributed by atoms with van der Waals surface area (Å²) in [4.78, 5) is 0.304. The number of rotatable bonds is 5. The van der Waals surface area contributed by atoms with Crippen molar-refractivity contribution in [2.75, 3.05) is 26.2 Å². The molecule has 0 radical (unpaired) electrons. The average molecular weight is 433 g/mol. The first-order valence-electron chi connectivity index (χ1n) is 9.71. The maximum Gasteiger partial charge on any atom is 0.243 e. The molecule has 154 valence electrons. The van der Waals surface area contributed by atoms with E-state index in [-0.39, 0.29) is 26.2 Å². The number of benzene rings is 2. The van der Waals surface area contributed by atoms with Gasteiger partial charge in [0.05, 0.1) is 4.90 Å². The van der Waals surface area contributed by atoms with E-state index in [1.54, 1.807) is 18.2 Å². The maximum absolute atomic E-state index is 13.0. The van der Waals surface area contributed by atoms with Crippen molar-refractivity contribution in [3.63, 3.8) is 0 Å². The van der Waals surface area contributed by atoms with Crippen molar-refractivity contribution in [3.05, 3.63) is 70.6 Å². The maximum atomic E-state index is 13.0. The van der Waals surface area contributed by atoms with E-state index in [4.69, 9.17) is 0 Å². The lowest BCUT2D eigenvalue weighted by Crippen LogP contribution is -2.49. The molecule has 0 spiro atoms. The summed E-state index contributed by atoms with van der Waals surface area (Å²) >= 11 is 0. The van der Waals surface area contributed by atoms with Crippen LogP contribution < -0.4 is 0 Å². The van der Waals surface area contributed by atoms with Gasteiger partial charge in [0.25, 0.3) is 0 Å². The summed E-state index contributed by atoms with van der Waals surface area (Å²) in [6.07, 6.45) is 4.54. The van der Waals surface area contributed by atoms with E-state index in [0.717, 1.165) is 30.4 Å². The van der Waals surface area contributed by atoms with Crippen molar-refractivity contribution in [2.45, 2.75) is 24.2 Å².